The molecule has 2 N–H and O–H groups in total. The lowest BCUT2D eigenvalue weighted by molar-refractivity contribution is 0.0697. The number of carboxylic acids is 1. The number of hydrogen-bond donors (Lipinski definition) is 2. The second-order valence-electron chi connectivity index (χ2n) is 6.06. The number of benzene rings is 1. The summed E-state index contributed by atoms with van der Waals surface area (Å²) >= 11 is 0. The first-order chi connectivity index (χ1) is 14.5. The topological polar surface area (TPSA) is 136 Å². The third kappa shape index (κ3) is 3.81. The van der Waals surface area contributed by atoms with Crippen molar-refractivity contribution in [2.24, 2.45) is 0 Å². The third-order valence-corrected chi connectivity index (χ3v) is 4.05. The van der Waals surface area contributed by atoms with Gasteiger partial charge < -0.3 is 19.2 Å². The van der Waals surface area contributed by atoms with Gasteiger partial charge in [-0.15, -0.1) is 0 Å². The first kappa shape index (κ1) is 18.7. The molecule has 148 valence electrons. The van der Waals surface area contributed by atoms with Crippen LogP contribution in [0.3, 0.4) is 0 Å². The third-order valence-electron chi connectivity index (χ3n) is 4.05. The second kappa shape index (κ2) is 7.76. The summed E-state index contributed by atoms with van der Waals surface area (Å²) < 4.78 is 8.08. The van der Waals surface area contributed by atoms with Crippen LogP contribution in [-0.4, -0.2) is 40.3 Å². The predicted molar refractivity (Wildman–Crippen MR) is 103 cm³/mol. The molecule has 0 saturated carbocycles. The van der Waals surface area contributed by atoms with E-state index in [0.717, 1.165) is 10.8 Å². The largest absolute Gasteiger partial charge is 0.492 e. The molecule has 4 aromatic rings. The van der Waals surface area contributed by atoms with E-state index in [1.54, 1.807) is 35.4 Å². The van der Waals surface area contributed by atoms with Crippen LogP contribution in [0.25, 0.3) is 17.3 Å². The van der Waals surface area contributed by atoms with E-state index in [1.807, 2.05) is 0 Å². The standard InChI is InChI=1S/C20H13N5O5/c26-17-10-25(18(27)15(22-17)2-1-8-24-9-7-21-12-24)20-23-16(11-30-20)13-3-5-14(6-4-13)19(28)29/h3-7,9-12,26H,8H2,(H,28,29). The fourth-order valence-electron chi connectivity index (χ4n) is 2.59. The monoisotopic (exact) mass is 403 g/mol. The van der Waals surface area contributed by atoms with Gasteiger partial charge in [-0.1, -0.05) is 18.1 Å². The fraction of sp³-hybridized carbons (Fsp3) is 0.0500. The number of nitrogens with zero attached hydrogens (tertiary/aromatic N) is 5. The minimum absolute atomic E-state index is 0.0901. The van der Waals surface area contributed by atoms with Crippen LogP contribution >= 0.6 is 0 Å². The van der Waals surface area contributed by atoms with Gasteiger partial charge in [-0.05, 0) is 18.1 Å². The summed E-state index contributed by atoms with van der Waals surface area (Å²) in [5.74, 6) is 3.95. The lowest BCUT2D eigenvalue weighted by Crippen LogP contribution is -2.22. The van der Waals surface area contributed by atoms with Crippen LogP contribution in [-0.2, 0) is 6.54 Å². The highest BCUT2D eigenvalue weighted by molar-refractivity contribution is 5.88. The van der Waals surface area contributed by atoms with Gasteiger partial charge >= 0.3 is 12.0 Å². The Morgan fingerprint density at radius 1 is 1.20 bits per heavy atom. The molecule has 0 atom stereocenters. The van der Waals surface area contributed by atoms with Crippen LogP contribution in [0.15, 0.2) is 64.7 Å². The molecule has 0 fully saturated rings. The van der Waals surface area contributed by atoms with Gasteiger partial charge in [0.15, 0.2) is 5.69 Å². The SMILES string of the molecule is O=C(O)c1ccc(-c2coc(-n3cc(O)nc(C#CCn4ccnc4)c3=O)n2)cc1. The summed E-state index contributed by atoms with van der Waals surface area (Å²) in [5.41, 5.74) is 0.345. The van der Waals surface area contributed by atoms with Crippen molar-refractivity contribution in [3.8, 4) is 35.0 Å². The van der Waals surface area contributed by atoms with Gasteiger partial charge in [0, 0.05) is 18.0 Å². The lowest BCUT2D eigenvalue weighted by Gasteiger charge is -2.01. The van der Waals surface area contributed by atoms with Crippen LogP contribution < -0.4 is 5.56 Å². The maximum Gasteiger partial charge on any atom is 0.335 e. The molecule has 0 aliphatic heterocycles. The molecule has 0 bridgehead atoms. The number of aromatic carboxylic acids is 1. The predicted octanol–water partition coefficient (Wildman–Crippen LogP) is 1.54. The molecule has 0 radical (unpaired) electrons. The Morgan fingerprint density at radius 2 is 2.00 bits per heavy atom. The Labute approximate surface area is 168 Å². The molecular weight excluding hydrogens is 390 g/mol. The molecule has 0 amide bonds. The molecule has 3 aromatic heterocycles. The second-order valence-corrected chi connectivity index (χ2v) is 6.06. The summed E-state index contributed by atoms with van der Waals surface area (Å²) in [6.07, 6.45) is 7.31. The molecule has 10 nitrogen and oxygen atoms in total. The summed E-state index contributed by atoms with van der Waals surface area (Å²) in [5, 5.41) is 18.9. The van der Waals surface area contributed by atoms with Crippen LogP contribution in [0.2, 0.25) is 0 Å². The van der Waals surface area contributed by atoms with E-state index < -0.39 is 17.4 Å². The molecule has 0 spiro atoms. The van der Waals surface area contributed by atoms with Crippen LogP contribution in [0.4, 0.5) is 0 Å². The number of hydrogen-bond acceptors (Lipinski definition) is 7. The first-order valence-corrected chi connectivity index (χ1v) is 8.58. The number of oxazole rings is 1. The van der Waals surface area contributed by atoms with Gasteiger partial charge in [-0.2, -0.15) is 9.97 Å². The van der Waals surface area contributed by atoms with Gasteiger partial charge in [0.2, 0.25) is 5.88 Å². The van der Waals surface area contributed by atoms with E-state index in [9.17, 15) is 14.7 Å². The van der Waals surface area contributed by atoms with Crippen LogP contribution in [0, 0.1) is 11.8 Å². The number of carbonyl (C=O) groups is 1. The number of rotatable bonds is 4. The zero-order chi connectivity index (χ0) is 21.1. The van der Waals surface area contributed by atoms with Crippen molar-refractivity contribution in [2.75, 3.05) is 0 Å². The summed E-state index contributed by atoms with van der Waals surface area (Å²) in [7, 11) is 0. The zero-order valence-corrected chi connectivity index (χ0v) is 15.3. The van der Waals surface area contributed by atoms with E-state index >= 15 is 0 Å². The van der Waals surface area contributed by atoms with Gasteiger partial charge in [0.25, 0.3) is 5.56 Å². The van der Waals surface area contributed by atoms with Crippen molar-refractivity contribution in [3.63, 3.8) is 0 Å². The van der Waals surface area contributed by atoms with Crippen molar-refractivity contribution >= 4 is 5.97 Å². The average Bonchev–Trinajstić information content (AvgIpc) is 3.42. The molecule has 0 saturated heterocycles. The molecule has 3 heterocycles. The van der Waals surface area contributed by atoms with Crippen molar-refractivity contribution in [1.29, 1.82) is 0 Å². The Kier molecular flexibility index (Phi) is 4.84. The lowest BCUT2D eigenvalue weighted by atomic mass is 10.1. The summed E-state index contributed by atoms with van der Waals surface area (Å²) in [6.45, 7) is 0.298. The van der Waals surface area contributed by atoms with E-state index in [-0.39, 0.29) is 17.3 Å². The van der Waals surface area contributed by atoms with Gasteiger partial charge in [-0.3, -0.25) is 4.79 Å². The zero-order valence-electron chi connectivity index (χ0n) is 15.3. The van der Waals surface area contributed by atoms with Gasteiger partial charge in [0.05, 0.1) is 24.6 Å². The van der Waals surface area contributed by atoms with Gasteiger partial charge in [-0.25, -0.2) is 14.3 Å². The Hall–Kier alpha value is -4.65. The summed E-state index contributed by atoms with van der Waals surface area (Å²) in [4.78, 5) is 35.5. The molecule has 0 unspecified atom stereocenters. The number of carboxylic acid groups (broad SMARTS) is 1. The van der Waals surface area contributed by atoms with E-state index in [0.29, 0.717) is 17.8 Å². The average molecular weight is 403 g/mol. The van der Waals surface area contributed by atoms with E-state index in [4.69, 9.17) is 9.52 Å². The molecule has 30 heavy (non-hydrogen) atoms. The highest BCUT2D eigenvalue weighted by atomic mass is 16.4. The van der Waals surface area contributed by atoms with Gasteiger partial charge in [0.1, 0.15) is 12.0 Å². The Morgan fingerprint density at radius 3 is 2.70 bits per heavy atom. The Balaban J connectivity index is 1.64. The minimum Gasteiger partial charge on any atom is -0.492 e. The molecular formula is C20H13N5O5. The van der Waals surface area contributed by atoms with E-state index in [2.05, 4.69) is 26.8 Å². The maximum atomic E-state index is 12.7. The minimum atomic E-state index is -1.04. The Bertz CT molecular complexity index is 1320. The van der Waals surface area contributed by atoms with Crippen molar-refractivity contribution in [2.45, 2.75) is 6.54 Å². The van der Waals surface area contributed by atoms with E-state index in [1.165, 1.54) is 18.4 Å². The van der Waals surface area contributed by atoms with Crippen molar-refractivity contribution in [1.82, 2.24) is 24.1 Å². The highest BCUT2D eigenvalue weighted by Gasteiger charge is 2.14. The van der Waals surface area contributed by atoms with Crippen LogP contribution in [0.5, 0.6) is 5.88 Å². The van der Waals surface area contributed by atoms with Crippen molar-refractivity contribution in [3.05, 3.63) is 77.1 Å². The number of imidazole rings is 1. The number of aromatic hydroxyl groups is 1. The van der Waals surface area contributed by atoms with Crippen LogP contribution in [0.1, 0.15) is 16.1 Å². The summed E-state index contributed by atoms with van der Waals surface area (Å²) in [6, 6.07) is 5.93. The molecule has 1 aromatic carbocycles. The van der Waals surface area contributed by atoms with Crippen molar-refractivity contribution < 1.29 is 19.4 Å². The maximum absolute atomic E-state index is 12.7. The highest BCUT2D eigenvalue weighted by Crippen LogP contribution is 2.21. The quantitative estimate of drug-likeness (QED) is 0.490. The first-order valence-electron chi connectivity index (χ1n) is 8.58. The molecule has 4 rings (SSSR count). The molecule has 0 aliphatic carbocycles. The molecule has 10 heteroatoms. The molecule has 0 aliphatic rings. The normalized spacial score (nSPS) is 10.4. The smallest absolute Gasteiger partial charge is 0.335 e. The number of aromatic nitrogens is 5. The fourth-order valence-corrected chi connectivity index (χ4v) is 2.59.